The van der Waals surface area contributed by atoms with Gasteiger partial charge in [0.15, 0.2) is 11.6 Å². The molecule has 2 saturated heterocycles. The van der Waals surface area contributed by atoms with Crippen LogP contribution in [-0.2, 0) is 14.4 Å². The summed E-state index contributed by atoms with van der Waals surface area (Å²) >= 11 is 2.01. The minimum atomic E-state index is -0.943. The van der Waals surface area contributed by atoms with Crippen LogP contribution in [0.2, 0.25) is 0 Å². The summed E-state index contributed by atoms with van der Waals surface area (Å²) in [6.07, 6.45) is 4.95. The predicted octanol–water partition coefficient (Wildman–Crippen LogP) is 2.16. The Morgan fingerprint density at radius 2 is 2.00 bits per heavy atom. The summed E-state index contributed by atoms with van der Waals surface area (Å²) in [7, 11) is 0. The van der Waals surface area contributed by atoms with Crippen molar-refractivity contribution < 1.29 is 14.4 Å². The van der Waals surface area contributed by atoms with Crippen LogP contribution in [0, 0.1) is 22.7 Å². The minimum Gasteiger partial charge on any atom is -0.339 e. The number of amides is 1. The first kappa shape index (κ1) is 13.9. The molecule has 5 heteroatoms. The van der Waals surface area contributed by atoms with Crippen molar-refractivity contribution in [1.82, 2.24) is 5.32 Å². The summed E-state index contributed by atoms with van der Waals surface area (Å²) < 4.78 is 0.579. The Hall–Kier alpha value is -0.720. The Kier molecular flexibility index (Phi) is 2.50. The number of carbonyl (C=O) groups excluding carboxylic acids is 3. The highest BCUT2D eigenvalue weighted by atomic mass is 127. The monoisotopic (exact) mass is 399 g/mol. The quantitative estimate of drug-likeness (QED) is 0.636. The summed E-state index contributed by atoms with van der Waals surface area (Å²) in [5, 5.41) is 3.03. The zero-order chi connectivity index (χ0) is 15.2. The van der Waals surface area contributed by atoms with Gasteiger partial charge in [-0.3, -0.25) is 14.4 Å². The molecule has 0 aromatic rings. The zero-order valence-corrected chi connectivity index (χ0v) is 14.3. The molecule has 5 aliphatic rings. The molecule has 0 radical (unpaired) electrons. The van der Waals surface area contributed by atoms with Crippen LogP contribution in [0.3, 0.4) is 0 Å². The lowest BCUT2D eigenvalue weighted by atomic mass is 9.46. The number of hydrogen-bond acceptors (Lipinski definition) is 3. The van der Waals surface area contributed by atoms with E-state index in [-0.39, 0.29) is 29.3 Å². The number of nitrogens with one attached hydrogen (secondary N) is 1. The number of hydrogen-bond donors (Lipinski definition) is 1. The zero-order valence-electron chi connectivity index (χ0n) is 12.2. The Morgan fingerprint density at radius 1 is 1.29 bits per heavy atom. The maximum absolute atomic E-state index is 13.1. The summed E-state index contributed by atoms with van der Waals surface area (Å²) in [5.41, 5.74) is -2.09. The molecule has 0 aromatic carbocycles. The molecule has 2 saturated carbocycles. The van der Waals surface area contributed by atoms with E-state index in [1.54, 1.807) is 6.08 Å². The maximum atomic E-state index is 13.1. The van der Waals surface area contributed by atoms with Crippen LogP contribution in [0.4, 0.5) is 0 Å². The van der Waals surface area contributed by atoms with Crippen molar-refractivity contribution in [2.75, 3.05) is 0 Å². The molecule has 5 rings (SSSR count). The first-order valence-electron chi connectivity index (χ1n) is 7.56. The van der Waals surface area contributed by atoms with Gasteiger partial charge in [-0.15, -0.1) is 0 Å². The van der Waals surface area contributed by atoms with Gasteiger partial charge in [0.2, 0.25) is 5.91 Å². The lowest BCUT2D eigenvalue weighted by Gasteiger charge is -2.61. The second-order valence-corrected chi connectivity index (χ2v) is 8.75. The van der Waals surface area contributed by atoms with Crippen molar-refractivity contribution in [3.8, 4) is 0 Å². The molecule has 2 aliphatic heterocycles. The van der Waals surface area contributed by atoms with Gasteiger partial charge in [-0.05, 0) is 47.9 Å². The fraction of sp³-hybridized carbons (Fsp3) is 0.688. The van der Waals surface area contributed by atoms with E-state index in [4.69, 9.17) is 0 Å². The van der Waals surface area contributed by atoms with Gasteiger partial charge in [0.1, 0.15) is 5.54 Å². The average Bonchev–Trinajstić information content (AvgIpc) is 2.84. The molecule has 2 heterocycles. The molecule has 4 unspecified atom stereocenters. The third-order valence-electron chi connectivity index (χ3n) is 6.43. The Morgan fingerprint density at radius 3 is 2.71 bits per heavy atom. The Balaban J connectivity index is 1.98. The van der Waals surface area contributed by atoms with E-state index in [0.717, 1.165) is 19.3 Å². The molecule has 1 N–H and O–H groups in total. The van der Waals surface area contributed by atoms with E-state index >= 15 is 0 Å². The van der Waals surface area contributed by atoms with E-state index in [1.165, 1.54) is 0 Å². The highest BCUT2D eigenvalue weighted by molar-refractivity contribution is 14.1. The number of ketones is 2. The lowest BCUT2D eigenvalue weighted by molar-refractivity contribution is -0.171. The minimum absolute atomic E-state index is 0.0337. The van der Waals surface area contributed by atoms with Crippen LogP contribution in [0.25, 0.3) is 0 Å². The lowest BCUT2D eigenvalue weighted by Crippen LogP contribution is -2.78. The number of carbonyl (C=O) groups is 3. The molecule has 2 spiro atoms. The molecular weight excluding hydrogens is 381 g/mol. The summed E-state index contributed by atoms with van der Waals surface area (Å²) in [6.45, 7) is 3.85. The summed E-state index contributed by atoms with van der Waals surface area (Å²) in [6, 6.07) is 0. The van der Waals surface area contributed by atoms with Crippen molar-refractivity contribution in [2.24, 2.45) is 22.7 Å². The van der Waals surface area contributed by atoms with Crippen LogP contribution in [0.15, 0.2) is 9.66 Å². The molecule has 4 nitrogen and oxygen atoms in total. The number of piperidine rings is 2. The molecule has 112 valence electrons. The van der Waals surface area contributed by atoms with Crippen LogP contribution in [0.5, 0.6) is 0 Å². The average molecular weight is 399 g/mol. The van der Waals surface area contributed by atoms with Crippen molar-refractivity contribution in [1.29, 1.82) is 0 Å². The summed E-state index contributed by atoms with van der Waals surface area (Å²) in [4.78, 5) is 38.4. The standard InChI is InChI=1S/C16H18INO3/c1-14(2)10-7-15-5-3-4-8(15)11(19)16(10,18-13(15)21)6-9(17)12(14)20/h6,8,10H,3-5,7H2,1-2H3,(H,18,21). The third kappa shape index (κ3) is 1.35. The van der Waals surface area contributed by atoms with Crippen LogP contribution in [0.1, 0.15) is 39.5 Å². The smallest absolute Gasteiger partial charge is 0.228 e. The largest absolute Gasteiger partial charge is 0.339 e. The SMILES string of the molecule is CC1(C)C(=O)C(I)=CC23NC(=O)C4(CCCC4C2=O)CC13. The molecule has 21 heavy (non-hydrogen) atoms. The van der Waals surface area contributed by atoms with E-state index < -0.39 is 16.4 Å². The predicted molar refractivity (Wildman–Crippen MR) is 84.7 cm³/mol. The van der Waals surface area contributed by atoms with Gasteiger partial charge in [-0.25, -0.2) is 0 Å². The topological polar surface area (TPSA) is 63.2 Å². The van der Waals surface area contributed by atoms with Gasteiger partial charge >= 0.3 is 0 Å². The van der Waals surface area contributed by atoms with E-state index in [2.05, 4.69) is 5.32 Å². The number of allylic oxidation sites excluding steroid dienone is 1. The van der Waals surface area contributed by atoms with Crippen molar-refractivity contribution in [3.63, 3.8) is 0 Å². The van der Waals surface area contributed by atoms with Gasteiger partial charge in [-0.2, -0.15) is 0 Å². The first-order chi connectivity index (χ1) is 9.76. The summed E-state index contributed by atoms with van der Waals surface area (Å²) in [5.74, 6) is 0.0128. The third-order valence-corrected chi connectivity index (χ3v) is 7.23. The molecule has 4 atom stereocenters. The number of fused-ring (bicyclic) bond motifs is 1. The van der Waals surface area contributed by atoms with E-state index in [9.17, 15) is 14.4 Å². The molecule has 3 aliphatic carbocycles. The maximum Gasteiger partial charge on any atom is 0.228 e. The van der Waals surface area contributed by atoms with Gasteiger partial charge in [0, 0.05) is 17.3 Å². The molecule has 1 amide bonds. The second kappa shape index (κ2) is 3.78. The van der Waals surface area contributed by atoms with Crippen molar-refractivity contribution in [2.45, 2.75) is 45.1 Å². The van der Waals surface area contributed by atoms with Gasteiger partial charge in [0.05, 0.1) is 8.99 Å². The fourth-order valence-electron chi connectivity index (χ4n) is 5.27. The van der Waals surface area contributed by atoms with Crippen LogP contribution >= 0.6 is 22.6 Å². The van der Waals surface area contributed by atoms with Crippen LogP contribution in [-0.4, -0.2) is 23.0 Å². The number of Topliss-reactive ketones (excluding diaryl/α,β-unsaturated/α-hetero) is 2. The van der Waals surface area contributed by atoms with Crippen molar-refractivity contribution in [3.05, 3.63) is 9.66 Å². The van der Waals surface area contributed by atoms with Gasteiger partial charge in [-0.1, -0.05) is 20.3 Å². The number of halogens is 1. The highest BCUT2D eigenvalue weighted by Gasteiger charge is 2.73. The van der Waals surface area contributed by atoms with Crippen LogP contribution < -0.4 is 5.32 Å². The first-order valence-corrected chi connectivity index (χ1v) is 8.64. The van der Waals surface area contributed by atoms with E-state index in [1.807, 2.05) is 36.4 Å². The molecule has 2 bridgehead atoms. The van der Waals surface area contributed by atoms with Crippen molar-refractivity contribution >= 4 is 40.1 Å². The molecule has 4 fully saturated rings. The Labute approximate surface area is 137 Å². The van der Waals surface area contributed by atoms with E-state index in [0.29, 0.717) is 10.0 Å². The number of rotatable bonds is 0. The highest BCUT2D eigenvalue weighted by Crippen LogP contribution is 2.64. The molecular formula is C16H18INO3. The Bertz CT molecular complexity index is 637. The fourth-order valence-corrected chi connectivity index (χ4v) is 6.46. The van der Waals surface area contributed by atoms with Gasteiger partial charge in [0.25, 0.3) is 0 Å². The second-order valence-electron chi connectivity index (χ2n) is 7.59. The van der Waals surface area contributed by atoms with Gasteiger partial charge < -0.3 is 5.32 Å². The normalized spacial score (nSPS) is 46.8. The molecule has 0 aromatic heterocycles.